The molecular formula is C10H16N5O7P. The molecule has 0 aromatic rings. The summed E-state index contributed by atoms with van der Waals surface area (Å²) in [5, 5.41) is 5.69. The number of hydrogen-bond donors (Lipinski definition) is 3. The lowest BCUT2D eigenvalue weighted by Gasteiger charge is -2.34. The summed E-state index contributed by atoms with van der Waals surface area (Å²) in [7, 11) is -4.70. The minimum absolute atomic E-state index is 0.129. The van der Waals surface area contributed by atoms with Gasteiger partial charge in [0.1, 0.15) is 6.23 Å². The minimum Gasteiger partial charge on any atom is -0.352 e. The van der Waals surface area contributed by atoms with Crippen LogP contribution in [0.3, 0.4) is 0 Å². The first-order valence-corrected chi connectivity index (χ1v) is 8.25. The molecule has 0 bridgehead atoms. The monoisotopic (exact) mass is 349 g/mol. The van der Waals surface area contributed by atoms with Crippen molar-refractivity contribution in [1.29, 1.82) is 0 Å². The fraction of sp³-hybridized carbons (Fsp3) is 0.800. The quantitative estimate of drug-likeness (QED) is 0.272. The average molecular weight is 349 g/mol. The number of carbonyl (C=O) groups is 2. The molecule has 12 nitrogen and oxygen atoms in total. The zero-order valence-electron chi connectivity index (χ0n) is 12.1. The van der Waals surface area contributed by atoms with E-state index in [0.717, 1.165) is 0 Å². The van der Waals surface area contributed by atoms with Gasteiger partial charge < -0.3 is 14.5 Å². The van der Waals surface area contributed by atoms with E-state index in [1.807, 2.05) is 0 Å². The molecule has 0 spiro atoms. The van der Waals surface area contributed by atoms with Crippen LogP contribution in [0.1, 0.15) is 13.3 Å². The molecule has 0 aromatic carbocycles. The number of carbonyl (C=O) groups excluding carboxylic acids is 2. The molecular weight excluding hydrogens is 333 g/mol. The Morgan fingerprint density at radius 2 is 2.26 bits per heavy atom. The molecule has 2 aliphatic rings. The molecule has 3 amide bonds. The van der Waals surface area contributed by atoms with E-state index in [2.05, 4.69) is 19.9 Å². The van der Waals surface area contributed by atoms with Gasteiger partial charge in [0.25, 0.3) is 0 Å². The Labute approximate surface area is 130 Å². The maximum atomic E-state index is 11.9. The maximum absolute atomic E-state index is 11.9. The largest absolute Gasteiger partial charge is 0.469 e. The topological polar surface area (TPSA) is 174 Å². The third kappa shape index (κ3) is 4.41. The molecule has 0 saturated carbocycles. The first kappa shape index (κ1) is 17.7. The zero-order chi connectivity index (χ0) is 17.2. The van der Waals surface area contributed by atoms with Crippen LogP contribution in [-0.2, 0) is 18.6 Å². The van der Waals surface area contributed by atoms with Gasteiger partial charge in [0.05, 0.1) is 24.7 Å². The van der Waals surface area contributed by atoms with E-state index >= 15 is 0 Å². The summed E-state index contributed by atoms with van der Waals surface area (Å²) in [6.45, 7) is 1.28. The zero-order valence-corrected chi connectivity index (χ0v) is 13.0. The van der Waals surface area contributed by atoms with E-state index in [9.17, 15) is 14.2 Å². The number of phosphoric acid groups is 1. The number of rotatable bonds is 5. The first-order chi connectivity index (χ1) is 10.7. The van der Waals surface area contributed by atoms with Crippen molar-refractivity contribution in [2.75, 3.05) is 13.2 Å². The lowest BCUT2D eigenvalue weighted by Crippen LogP contribution is -2.57. The Kier molecular flexibility index (Phi) is 5.25. The molecule has 2 saturated heterocycles. The van der Waals surface area contributed by atoms with Crippen molar-refractivity contribution in [3.63, 3.8) is 0 Å². The molecule has 2 fully saturated rings. The lowest BCUT2D eigenvalue weighted by molar-refractivity contribution is -0.128. The minimum atomic E-state index is -4.70. The molecule has 2 heterocycles. The number of hydrogen-bond acceptors (Lipinski definition) is 6. The van der Waals surface area contributed by atoms with Crippen LogP contribution in [0, 0.1) is 5.92 Å². The summed E-state index contributed by atoms with van der Waals surface area (Å²) in [6, 6.07) is -1.38. The molecule has 23 heavy (non-hydrogen) atoms. The standard InChI is InChI=1S/C10H16N5O7P/c1-5-3-15(10(17)12-9(5)16)8-2-6(13-14-11)7(22-8)4-21-23(18,19)20/h5-8H,2-4H2,1H3,(H,12,16,17)(H2,18,19,20)/t5?,6-,7+,8+/m0/s1. The Hall–Kier alpha value is -1.68. The van der Waals surface area contributed by atoms with E-state index in [0.29, 0.717) is 0 Å². The van der Waals surface area contributed by atoms with Crippen molar-refractivity contribution in [3.8, 4) is 0 Å². The van der Waals surface area contributed by atoms with Crippen LogP contribution in [0.5, 0.6) is 0 Å². The number of azide groups is 1. The number of urea groups is 1. The summed E-state index contributed by atoms with van der Waals surface area (Å²) in [5.74, 6) is -0.822. The van der Waals surface area contributed by atoms with Crippen LogP contribution in [-0.4, -0.2) is 58.2 Å². The van der Waals surface area contributed by atoms with Gasteiger partial charge in [0.15, 0.2) is 0 Å². The SMILES string of the molecule is CC1CN([C@H]2C[C@H](N=[N+]=[N-])[C@@H](COP(=O)(O)O)O2)C(=O)NC1=O. The van der Waals surface area contributed by atoms with Crippen LogP contribution in [0.4, 0.5) is 4.79 Å². The Morgan fingerprint density at radius 3 is 2.87 bits per heavy atom. The van der Waals surface area contributed by atoms with Gasteiger partial charge in [0.2, 0.25) is 5.91 Å². The molecule has 2 aliphatic heterocycles. The normalized spacial score (nSPS) is 31.7. The molecule has 2 rings (SSSR count). The third-order valence-electron chi connectivity index (χ3n) is 3.57. The van der Waals surface area contributed by atoms with E-state index in [1.165, 1.54) is 4.90 Å². The van der Waals surface area contributed by atoms with Gasteiger partial charge in [-0.25, -0.2) is 9.36 Å². The van der Waals surface area contributed by atoms with Gasteiger partial charge in [0, 0.05) is 17.9 Å². The van der Waals surface area contributed by atoms with Crippen molar-refractivity contribution in [1.82, 2.24) is 10.2 Å². The van der Waals surface area contributed by atoms with Crippen molar-refractivity contribution < 1.29 is 33.2 Å². The van der Waals surface area contributed by atoms with Gasteiger partial charge in [-0.15, -0.1) is 0 Å². The predicted octanol–water partition coefficient (Wildman–Crippen LogP) is 0.0775. The van der Waals surface area contributed by atoms with Gasteiger partial charge in [-0.05, 0) is 5.53 Å². The van der Waals surface area contributed by atoms with Crippen molar-refractivity contribution in [2.45, 2.75) is 31.7 Å². The smallest absolute Gasteiger partial charge is 0.352 e. The van der Waals surface area contributed by atoms with Gasteiger partial charge in [-0.1, -0.05) is 12.0 Å². The number of nitrogens with one attached hydrogen (secondary N) is 1. The third-order valence-corrected chi connectivity index (χ3v) is 4.05. The summed E-state index contributed by atoms with van der Waals surface area (Å²) >= 11 is 0. The van der Waals surface area contributed by atoms with Gasteiger partial charge >= 0.3 is 13.9 Å². The van der Waals surface area contributed by atoms with Crippen LogP contribution in [0.25, 0.3) is 10.4 Å². The Morgan fingerprint density at radius 1 is 1.57 bits per heavy atom. The molecule has 4 atom stereocenters. The number of ether oxygens (including phenoxy) is 1. The average Bonchev–Trinajstić information content (AvgIpc) is 2.83. The summed E-state index contributed by atoms with van der Waals surface area (Å²) in [4.78, 5) is 44.7. The highest BCUT2D eigenvalue weighted by atomic mass is 31.2. The fourth-order valence-corrected chi connectivity index (χ4v) is 2.77. The highest BCUT2D eigenvalue weighted by Gasteiger charge is 2.43. The number of amides is 3. The Bertz CT molecular complexity index is 588. The van der Waals surface area contributed by atoms with Crippen LogP contribution in [0.15, 0.2) is 5.11 Å². The van der Waals surface area contributed by atoms with E-state index in [4.69, 9.17) is 20.1 Å². The van der Waals surface area contributed by atoms with Crippen LogP contribution < -0.4 is 5.32 Å². The summed E-state index contributed by atoms with van der Waals surface area (Å²) in [5.41, 5.74) is 8.57. The molecule has 13 heteroatoms. The first-order valence-electron chi connectivity index (χ1n) is 6.72. The lowest BCUT2D eigenvalue weighted by atomic mass is 10.1. The second-order valence-corrected chi connectivity index (χ2v) is 6.51. The van der Waals surface area contributed by atoms with Gasteiger partial charge in [-0.3, -0.25) is 19.5 Å². The van der Waals surface area contributed by atoms with E-state index in [1.54, 1.807) is 6.92 Å². The second kappa shape index (κ2) is 6.83. The molecule has 3 N–H and O–H groups in total. The van der Waals surface area contributed by atoms with Crippen LogP contribution in [0.2, 0.25) is 0 Å². The van der Waals surface area contributed by atoms with E-state index in [-0.39, 0.29) is 13.0 Å². The molecule has 128 valence electrons. The maximum Gasteiger partial charge on any atom is 0.469 e. The predicted molar refractivity (Wildman–Crippen MR) is 73.6 cm³/mol. The fourth-order valence-electron chi connectivity index (χ4n) is 2.43. The summed E-state index contributed by atoms with van der Waals surface area (Å²) in [6.07, 6.45) is -1.57. The van der Waals surface area contributed by atoms with Gasteiger partial charge in [-0.2, -0.15) is 0 Å². The van der Waals surface area contributed by atoms with E-state index < -0.39 is 50.7 Å². The Balaban J connectivity index is 2.07. The number of nitrogens with zero attached hydrogens (tertiary/aromatic N) is 4. The molecule has 0 radical (unpaired) electrons. The molecule has 1 unspecified atom stereocenters. The summed E-state index contributed by atoms with van der Waals surface area (Å²) < 4.78 is 20.7. The van der Waals surface area contributed by atoms with Crippen LogP contribution >= 0.6 is 7.82 Å². The highest BCUT2D eigenvalue weighted by Crippen LogP contribution is 2.38. The number of phosphoric ester groups is 1. The molecule has 0 aliphatic carbocycles. The molecule has 0 aromatic heterocycles. The van der Waals surface area contributed by atoms with Crippen molar-refractivity contribution >= 4 is 19.8 Å². The number of imide groups is 1. The van der Waals surface area contributed by atoms with Crippen molar-refractivity contribution in [2.24, 2.45) is 11.0 Å². The highest BCUT2D eigenvalue weighted by molar-refractivity contribution is 7.46. The van der Waals surface area contributed by atoms with Crippen molar-refractivity contribution in [3.05, 3.63) is 10.4 Å². The second-order valence-electron chi connectivity index (χ2n) is 5.27.